The van der Waals surface area contributed by atoms with E-state index < -0.39 is 14.6 Å². The topological polar surface area (TPSA) is 71.5 Å². The predicted octanol–water partition coefficient (Wildman–Crippen LogP) is 6.64. The average Bonchev–Trinajstić information content (AvgIpc) is 2.81. The van der Waals surface area contributed by atoms with Crippen LogP contribution in [0.2, 0.25) is 5.02 Å². The molecule has 0 saturated carbocycles. The molecule has 0 fully saturated rings. The van der Waals surface area contributed by atoms with Gasteiger partial charge in [0.25, 0.3) is 6.43 Å². The van der Waals surface area contributed by atoms with E-state index in [1.165, 1.54) is 35.5 Å². The van der Waals surface area contributed by atoms with Crippen molar-refractivity contribution in [3.63, 3.8) is 0 Å². The van der Waals surface area contributed by atoms with Crippen LogP contribution in [0.25, 0.3) is 0 Å². The van der Waals surface area contributed by atoms with E-state index in [-0.39, 0.29) is 20.5 Å². The number of halogens is 3. The quantitative estimate of drug-likeness (QED) is 0.302. The fourth-order valence-corrected chi connectivity index (χ4v) is 4.49. The minimum absolute atomic E-state index is 0. The molecule has 12 heteroatoms. The number of nitrogens with zero attached hydrogens (tertiary/aromatic N) is 3. The molecule has 36 heavy (non-hydrogen) atoms. The van der Waals surface area contributed by atoms with E-state index >= 15 is 0 Å². The summed E-state index contributed by atoms with van der Waals surface area (Å²) in [6, 6.07) is 8.30. The fraction of sp³-hybridized carbons (Fsp3) is 0.333. The predicted molar refractivity (Wildman–Crippen MR) is 149 cm³/mol. The van der Waals surface area contributed by atoms with Gasteiger partial charge in [-0.05, 0) is 62.2 Å². The molecule has 0 amide bonds. The van der Waals surface area contributed by atoms with Crippen LogP contribution in [0.5, 0.6) is 11.5 Å². The Hall–Kier alpha value is -2.31. The third-order valence-electron chi connectivity index (χ3n) is 5.51. The number of methoxy groups -OCH3 is 1. The van der Waals surface area contributed by atoms with Crippen LogP contribution in [-0.4, -0.2) is 48.9 Å². The molecule has 1 aliphatic heterocycles. The lowest BCUT2D eigenvalue weighted by Gasteiger charge is -2.26. The van der Waals surface area contributed by atoms with Gasteiger partial charge in [-0.1, -0.05) is 17.7 Å². The van der Waals surface area contributed by atoms with Gasteiger partial charge >= 0.3 is 0 Å². The first-order chi connectivity index (χ1) is 16.7. The van der Waals surface area contributed by atoms with Crippen molar-refractivity contribution in [1.29, 1.82) is 0 Å². The number of anilines is 4. The Kier molecular flexibility index (Phi) is 9.65. The van der Waals surface area contributed by atoms with Crippen LogP contribution in [-0.2, 0) is 13.0 Å². The van der Waals surface area contributed by atoms with Crippen molar-refractivity contribution in [3.8, 4) is 11.5 Å². The summed E-state index contributed by atoms with van der Waals surface area (Å²) in [4.78, 5) is 11.1. The Morgan fingerprint density at radius 3 is 2.56 bits per heavy atom. The number of rotatable bonds is 8. The van der Waals surface area contributed by atoms with Crippen molar-refractivity contribution in [2.45, 2.75) is 19.4 Å². The number of hydrogen-bond donors (Lipinski definition) is 2. The van der Waals surface area contributed by atoms with Crippen LogP contribution in [0, 0.1) is 0 Å². The van der Waals surface area contributed by atoms with Gasteiger partial charge in [0.1, 0.15) is 16.5 Å². The summed E-state index contributed by atoms with van der Waals surface area (Å²) in [5.41, 5.74) is 3.57. The van der Waals surface area contributed by atoms with Crippen molar-refractivity contribution in [3.05, 3.63) is 58.2 Å². The second-order valence-corrected chi connectivity index (χ2v) is 10.6. The van der Waals surface area contributed by atoms with Gasteiger partial charge in [0.15, 0.2) is 5.82 Å². The van der Waals surface area contributed by atoms with E-state index in [9.17, 15) is 8.78 Å². The standard InChI is InChI=1S/C24H27ClF2N5O2P.H3P/c1-32-8-7-14-10-20(33-2)19(9-16(14)13-32)30-24-28-12-17(25)23(31-24)29-18-6-5-15(22(26)27)11-21(18)34-35(3)4;/h5-6,9-12,22H,7-8,13H2,1-4H3,(H2,28,29,30,31);1H3. The first-order valence-corrected chi connectivity index (χ1v) is 13.5. The van der Waals surface area contributed by atoms with E-state index in [1.54, 1.807) is 7.11 Å². The highest BCUT2D eigenvalue weighted by atomic mass is 35.5. The molecular formula is C24H30ClF2N5O2P2. The van der Waals surface area contributed by atoms with Gasteiger partial charge in [0.2, 0.25) is 5.95 Å². The molecule has 0 radical (unpaired) electrons. The average molecular weight is 556 g/mol. The monoisotopic (exact) mass is 555 g/mol. The summed E-state index contributed by atoms with van der Waals surface area (Å²) >= 11 is 6.36. The summed E-state index contributed by atoms with van der Waals surface area (Å²) in [7, 11) is 2.87. The number of nitrogens with one attached hydrogen (secondary N) is 2. The molecular weight excluding hydrogens is 526 g/mol. The smallest absolute Gasteiger partial charge is 0.263 e. The first-order valence-electron chi connectivity index (χ1n) is 11.0. The second-order valence-electron chi connectivity index (χ2n) is 8.41. The molecule has 3 aromatic rings. The maximum absolute atomic E-state index is 13.2. The van der Waals surface area contributed by atoms with Gasteiger partial charge in [-0.3, -0.25) is 0 Å². The highest BCUT2D eigenvalue weighted by Gasteiger charge is 2.19. The number of benzene rings is 2. The summed E-state index contributed by atoms with van der Waals surface area (Å²) in [6.07, 6.45) is -0.171. The highest BCUT2D eigenvalue weighted by molar-refractivity contribution is 7.51. The van der Waals surface area contributed by atoms with E-state index in [4.69, 9.17) is 20.9 Å². The first kappa shape index (κ1) is 28.3. The van der Waals surface area contributed by atoms with Crippen molar-refractivity contribution < 1.29 is 18.0 Å². The SMILES string of the molecule is COc1cc2c(cc1Nc1ncc(Cl)c(Nc3ccc(C(F)F)cc3OP(C)C)n1)CN(C)CC2.P. The lowest BCUT2D eigenvalue weighted by atomic mass is 9.99. The maximum atomic E-state index is 13.2. The van der Waals surface area contributed by atoms with E-state index in [1.807, 2.05) is 19.4 Å². The Labute approximate surface area is 219 Å². The number of aromatic nitrogens is 2. The zero-order valence-electron chi connectivity index (χ0n) is 20.6. The van der Waals surface area contributed by atoms with Gasteiger partial charge in [0, 0.05) is 18.7 Å². The molecule has 194 valence electrons. The lowest BCUT2D eigenvalue weighted by molar-refractivity contribution is 0.151. The summed E-state index contributed by atoms with van der Waals surface area (Å²) in [6.45, 7) is 5.62. The molecule has 1 unspecified atom stereocenters. The number of likely N-dealkylation sites (N-methyl/N-ethyl adjacent to an activating group) is 1. The van der Waals surface area contributed by atoms with Gasteiger partial charge in [-0.25, -0.2) is 13.8 Å². The molecule has 0 saturated heterocycles. The molecule has 0 spiro atoms. The maximum Gasteiger partial charge on any atom is 0.263 e. The molecule has 2 N–H and O–H groups in total. The number of alkyl halides is 2. The normalized spacial score (nSPS) is 13.2. The molecule has 0 bridgehead atoms. The second kappa shape index (κ2) is 12.3. The number of ether oxygens (including phenoxy) is 1. The number of hydrogen-bond acceptors (Lipinski definition) is 7. The molecule has 1 aromatic heterocycles. The van der Waals surface area contributed by atoms with E-state index in [0.717, 1.165) is 25.2 Å². The van der Waals surface area contributed by atoms with Gasteiger partial charge < -0.3 is 24.8 Å². The molecule has 7 nitrogen and oxygen atoms in total. The summed E-state index contributed by atoms with van der Waals surface area (Å²) < 4.78 is 37.9. The van der Waals surface area contributed by atoms with Crippen molar-refractivity contribution in [1.82, 2.24) is 14.9 Å². The van der Waals surface area contributed by atoms with Crippen LogP contribution >= 0.6 is 29.6 Å². The van der Waals surface area contributed by atoms with Crippen molar-refractivity contribution in [2.75, 3.05) is 44.7 Å². The Morgan fingerprint density at radius 2 is 1.86 bits per heavy atom. The summed E-state index contributed by atoms with van der Waals surface area (Å²) in [5.74, 6) is 1.62. The zero-order chi connectivity index (χ0) is 25.1. The molecule has 4 rings (SSSR count). The lowest BCUT2D eigenvalue weighted by Crippen LogP contribution is -2.26. The van der Waals surface area contributed by atoms with Crippen LogP contribution in [0.3, 0.4) is 0 Å². The Bertz CT molecular complexity index is 1220. The highest BCUT2D eigenvalue weighted by Crippen LogP contribution is 2.40. The van der Waals surface area contributed by atoms with Crippen molar-refractivity contribution >= 4 is 52.8 Å². The minimum Gasteiger partial charge on any atom is -0.495 e. The molecule has 0 aliphatic carbocycles. The largest absolute Gasteiger partial charge is 0.495 e. The van der Waals surface area contributed by atoms with Crippen LogP contribution in [0.4, 0.5) is 31.9 Å². The van der Waals surface area contributed by atoms with Crippen LogP contribution in [0.15, 0.2) is 36.5 Å². The third-order valence-corrected chi connectivity index (χ3v) is 6.35. The molecule has 1 aliphatic rings. The number of fused-ring (bicyclic) bond motifs is 1. The van der Waals surface area contributed by atoms with Crippen molar-refractivity contribution in [2.24, 2.45) is 0 Å². The van der Waals surface area contributed by atoms with E-state index in [0.29, 0.717) is 29.0 Å². The van der Waals surface area contributed by atoms with Crippen LogP contribution in [0.1, 0.15) is 23.1 Å². The molecule has 1 atom stereocenters. The van der Waals surface area contributed by atoms with Gasteiger partial charge in [-0.2, -0.15) is 14.9 Å². The zero-order valence-corrected chi connectivity index (χ0v) is 23.7. The van der Waals surface area contributed by atoms with Crippen LogP contribution < -0.4 is 19.9 Å². The molecule has 2 heterocycles. The van der Waals surface area contributed by atoms with Gasteiger partial charge in [-0.15, -0.1) is 0 Å². The Morgan fingerprint density at radius 1 is 1.08 bits per heavy atom. The molecule has 2 aromatic carbocycles. The van der Waals surface area contributed by atoms with E-state index in [2.05, 4.69) is 38.6 Å². The minimum atomic E-state index is -2.60. The Balaban J connectivity index is 0.00000361. The third kappa shape index (κ3) is 6.71. The van der Waals surface area contributed by atoms with Gasteiger partial charge in [0.05, 0.1) is 32.8 Å². The summed E-state index contributed by atoms with van der Waals surface area (Å²) in [5, 5.41) is 6.60. The fourth-order valence-electron chi connectivity index (χ4n) is 3.81.